The second kappa shape index (κ2) is 4.84. The molecule has 4 heteroatoms. The Balaban J connectivity index is 1.96. The van der Waals surface area contributed by atoms with Gasteiger partial charge >= 0.3 is 0 Å². The van der Waals surface area contributed by atoms with Gasteiger partial charge in [0, 0.05) is 18.2 Å². The van der Waals surface area contributed by atoms with Gasteiger partial charge in [0.05, 0.1) is 4.92 Å². The van der Waals surface area contributed by atoms with Crippen LogP contribution in [0, 0.1) is 16.0 Å². The van der Waals surface area contributed by atoms with E-state index in [1.165, 1.54) is 0 Å². The first-order valence-electron chi connectivity index (χ1n) is 6.05. The summed E-state index contributed by atoms with van der Waals surface area (Å²) in [5.74, 6) is 1.14. The number of nitrogens with zero attached hydrogens (tertiary/aromatic N) is 1. The third-order valence-electron chi connectivity index (χ3n) is 3.22. The van der Waals surface area contributed by atoms with Crippen LogP contribution < -0.4 is 5.32 Å². The van der Waals surface area contributed by atoms with Crippen molar-refractivity contribution >= 4 is 5.69 Å². The van der Waals surface area contributed by atoms with Crippen molar-refractivity contribution in [2.75, 3.05) is 6.54 Å². The molecule has 2 unspecified atom stereocenters. The van der Waals surface area contributed by atoms with Gasteiger partial charge in [0.2, 0.25) is 0 Å². The summed E-state index contributed by atoms with van der Waals surface area (Å²) in [5, 5.41) is 14.1. The van der Waals surface area contributed by atoms with Crippen LogP contribution in [0.4, 0.5) is 5.69 Å². The first-order chi connectivity index (χ1) is 8.08. The molecule has 0 heterocycles. The smallest absolute Gasteiger partial charge is 0.269 e. The normalized spacial score (nSPS) is 22.8. The van der Waals surface area contributed by atoms with Gasteiger partial charge in [-0.1, -0.05) is 26.0 Å². The average molecular weight is 234 g/mol. The first-order valence-corrected chi connectivity index (χ1v) is 6.05. The molecule has 0 saturated heterocycles. The van der Waals surface area contributed by atoms with Crippen LogP contribution in [0.15, 0.2) is 24.3 Å². The quantitative estimate of drug-likeness (QED) is 0.629. The third-order valence-corrected chi connectivity index (χ3v) is 3.22. The summed E-state index contributed by atoms with van der Waals surface area (Å²) in [5.41, 5.74) is 1.31. The lowest BCUT2D eigenvalue weighted by molar-refractivity contribution is -0.384. The molecular weight excluding hydrogens is 216 g/mol. The molecule has 1 aromatic carbocycles. The highest BCUT2D eigenvalue weighted by Gasteiger charge is 2.38. The molecule has 1 aliphatic rings. The van der Waals surface area contributed by atoms with E-state index in [0.717, 1.165) is 18.5 Å². The Labute approximate surface area is 101 Å². The van der Waals surface area contributed by atoms with E-state index < -0.39 is 0 Å². The van der Waals surface area contributed by atoms with Gasteiger partial charge in [-0.15, -0.1) is 0 Å². The molecule has 4 nitrogen and oxygen atoms in total. The Bertz CT molecular complexity index is 418. The van der Waals surface area contributed by atoms with E-state index >= 15 is 0 Å². The molecule has 0 bridgehead atoms. The molecule has 0 radical (unpaired) electrons. The SMILES string of the molecule is CC(C)NCC1CC1c1cccc([N+](=O)[O-])c1. The minimum absolute atomic E-state index is 0.199. The molecule has 0 aliphatic heterocycles. The number of nitro benzene ring substituents is 1. The summed E-state index contributed by atoms with van der Waals surface area (Å²) < 4.78 is 0. The van der Waals surface area contributed by atoms with Crippen LogP contribution in [0.25, 0.3) is 0 Å². The zero-order valence-corrected chi connectivity index (χ0v) is 10.2. The molecule has 0 spiro atoms. The topological polar surface area (TPSA) is 55.2 Å². The van der Waals surface area contributed by atoms with Crippen LogP contribution in [-0.2, 0) is 0 Å². The van der Waals surface area contributed by atoms with Crippen LogP contribution in [-0.4, -0.2) is 17.5 Å². The molecular formula is C13H18N2O2. The standard InChI is InChI=1S/C13H18N2O2/c1-9(2)14-8-11-7-13(11)10-4-3-5-12(6-10)15(16)17/h3-6,9,11,13-14H,7-8H2,1-2H3. The number of hydrogen-bond acceptors (Lipinski definition) is 3. The van der Waals surface area contributed by atoms with E-state index in [-0.39, 0.29) is 10.6 Å². The van der Waals surface area contributed by atoms with E-state index in [4.69, 9.17) is 0 Å². The molecule has 17 heavy (non-hydrogen) atoms. The van der Waals surface area contributed by atoms with Gasteiger partial charge in [-0.25, -0.2) is 0 Å². The highest BCUT2D eigenvalue weighted by atomic mass is 16.6. The number of nitro groups is 1. The predicted molar refractivity (Wildman–Crippen MR) is 67.1 cm³/mol. The van der Waals surface area contributed by atoms with Gasteiger partial charge < -0.3 is 5.32 Å². The third kappa shape index (κ3) is 3.03. The summed E-state index contributed by atoms with van der Waals surface area (Å²) in [6.45, 7) is 5.26. The van der Waals surface area contributed by atoms with Crippen LogP contribution in [0.5, 0.6) is 0 Å². The Kier molecular flexibility index (Phi) is 3.43. The Morgan fingerprint density at radius 3 is 2.94 bits per heavy atom. The largest absolute Gasteiger partial charge is 0.314 e. The Morgan fingerprint density at radius 1 is 1.53 bits per heavy atom. The Morgan fingerprint density at radius 2 is 2.29 bits per heavy atom. The summed E-state index contributed by atoms with van der Waals surface area (Å²) in [4.78, 5) is 10.4. The van der Waals surface area contributed by atoms with Crippen LogP contribution >= 0.6 is 0 Å². The minimum Gasteiger partial charge on any atom is -0.314 e. The second-order valence-electron chi connectivity index (χ2n) is 5.02. The van der Waals surface area contributed by atoms with Crippen molar-refractivity contribution in [2.45, 2.75) is 32.2 Å². The van der Waals surface area contributed by atoms with Crippen molar-refractivity contribution < 1.29 is 4.92 Å². The molecule has 2 atom stereocenters. The molecule has 1 fully saturated rings. The first kappa shape index (κ1) is 12.0. The maximum Gasteiger partial charge on any atom is 0.269 e. The lowest BCUT2D eigenvalue weighted by Gasteiger charge is -2.07. The molecule has 92 valence electrons. The van der Waals surface area contributed by atoms with Crippen molar-refractivity contribution in [3.05, 3.63) is 39.9 Å². The number of hydrogen-bond donors (Lipinski definition) is 1. The van der Waals surface area contributed by atoms with Crippen LogP contribution in [0.1, 0.15) is 31.7 Å². The lowest BCUT2D eigenvalue weighted by Crippen LogP contribution is -2.25. The minimum atomic E-state index is -0.326. The monoisotopic (exact) mass is 234 g/mol. The second-order valence-corrected chi connectivity index (χ2v) is 5.02. The van der Waals surface area contributed by atoms with Gasteiger partial charge in [-0.3, -0.25) is 10.1 Å². The van der Waals surface area contributed by atoms with Crippen molar-refractivity contribution in [1.29, 1.82) is 0 Å². The number of benzene rings is 1. The van der Waals surface area contributed by atoms with Crippen molar-refractivity contribution in [1.82, 2.24) is 5.32 Å². The number of non-ortho nitro benzene ring substituents is 1. The average Bonchev–Trinajstić information content (AvgIpc) is 3.06. The van der Waals surface area contributed by atoms with Gasteiger partial charge in [0.1, 0.15) is 0 Å². The molecule has 0 amide bonds. The van der Waals surface area contributed by atoms with Crippen LogP contribution in [0.2, 0.25) is 0 Å². The van der Waals surface area contributed by atoms with Gasteiger partial charge in [0.15, 0.2) is 0 Å². The van der Waals surface area contributed by atoms with E-state index in [1.54, 1.807) is 18.2 Å². The lowest BCUT2D eigenvalue weighted by atomic mass is 10.1. The van der Waals surface area contributed by atoms with Gasteiger partial charge in [-0.05, 0) is 30.4 Å². The van der Waals surface area contributed by atoms with E-state index in [0.29, 0.717) is 17.9 Å². The molecule has 1 saturated carbocycles. The van der Waals surface area contributed by atoms with Gasteiger partial charge in [0.25, 0.3) is 5.69 Å². The van der Waals surface area contributed by atoms with E-state index in [1.807, 2.05) is 6.07 Å². The zero-order chi connectivity index (χ0) is 12.4. The van der Waals surface area contributed by atoms with Crippen molar-refractivity contribution in [3.63, 3.8) is 0 Å². The zero-order valence-electron chi connectivity index (χ0n) is 10.2. The molecule has 0 aromatic heterocycles. The Hall–Kier alpha value is -1.42. The summed E-state index contributed by atoms with van der Waals surface area (Å²) >= 11 is 0. The highest BCUT2D eigenvalue weighted by molar-refractivity contribution is 5.38. The number of rotatable bonds is 5. The van der Waals surface area contributed by atoms with Crippen LogP contribution in [0.3, 0.4) is 0 Å². The fraction of sp³-hybridized carbons (Fsp3) is 0.538. The molecule has 1 aliphatic carbocycles. The number of nitrogens with one attached hydrogen (secondary N) is 1. The maximum atomic E-state index is 10.7. The molecule has 2 rings (SSSR count). The van der Waals surface area contributed by atoms with Gasteiger partial charge in [-0.2, -0.15) is 0 Å². The maximum absolute atomic E-state index is 10.7. The summed E-state index contributed by atoms with van der Waals surface area (Å²) in [7, 11) is 0. The predicted octanol–water partition coefficient (Wildman–Crippen LogP) is 2.70. The fourth-order valence-corrected chi connectivity index (χ4v) is 2.14. The van der Waals surface area contributed by atoms with Crippen molar-refractivity contribution in [3.8, 4) is 0 Å². The highest BCUT2D eigenvalue weighted by Crippen LogP contribution is 2.47. The van der Waals surface area contributed by atoms with E-state index in [2.05, 4.69) is 19.2 Å². The summed E-state index contributed by atoms with van der Waals surface area (Å²) in [6, 6.07) is 7.53. The molecule has 1 aromatic rings. The van der Waals surface area contributed by atoms with E-state index in [9.17, 15) is 10.1 Å². The van der Waals surface area contributed by atoms with Crippen molar-refractivity contribution in [2.24, 2.45) is 5.92 Å². The summed E-state index contributed by atoms with van der Waals surface area (Å²) in [6.07, 6.45) is 1.14. The fourth-order valence-electron chi connectivity index (χ4n) is 2.14. The molecule has 1 N–H and O–H groups in total.